The van der Waals surface area contributed by atoms with Crippen molar-refractivity contribution < 1.29 is 18.0 Å². The molecule has 0 heterocycles. The van der Waals surface area contributed by atoms with E-state index in [1.165, 1.54) is 6.07 Å². The van der Waals surface area contributed by atoms with E-state index in [0.29, 0.717) is 37.1 Å². The number of hydrogen-bond donors (Lipinski definition) is 3. The van der Waals surface area contributed by atoms with Crippen molar-refractivity contribution in [2.75, 3.05) is 17.0 Å². The molecular formula is C21H33N3O4S. The summed E-state index contributed by atoms with van der Waals surface area (Å²) in [5.74, 6) is -0.474. The number of sulfonamides is 1. The van der Waals surface area contributed by atoms with Gasteiger partial charge in [0.15, 0.2) is 0 Å². The van der Waals surface area contributed by atoms with Crippen molar-refractivity contribution in [2.45, 2.75) is 70.8 Å². The summed E-state index contributed by atoms with van der Waals surface area (Å²) in [7, 11) is -3.44. The van der Waals surface area contributed by atoms with E-state index in [4.69, 9.17) is 0 Å². The van der Waals surface area contributed by atoms with Crippen molar-refractivity contribution in [3.8, 4) is 0 Å². The van der Waals surface area contributed by atoms with Crippen molar-refractivity contribution in [1.82, 2.24) is 10.6 Å². The summed E-state index contributed by atoms with van der Waals surface area (Å²) in [4.78, 5) is 25.8. The van der Waals surface area contributed by atoms with Gasteiger partial charge in [-0.15, -0.1) is 0 Å². The number of rotatable bonds is 10. The topological polar surface area (TPSA) is 104 Å². The summed E-state index contributed by atoms with van der Waals surface area (Å²) < 4.78 is 26.5. The van der Waals surface area contributed by atoms with Crippen molar-refractivity contribution in [1.29, 1.82) is 0 Å². The molecular weight excluding hydrogens is 390 g/mol. The van der Waals surface area contributed by atoms with Gasteiger partial charge in [0.25, 0.3) is 5.91 Å². The molecule has 0 saturated heterocycles. The summed E-state index contributed by atoms with van der Waals surface area (Å²) in [6.07, 6.45) is 6.44. The quantitative estimate of drug-likeness (QED) is 0.503. The van der Waals surface area contributed by atoms with Gasteiger partial charge >= 0.3 is 0 Å². The third kappa shape index (κ3) is 6.73. The number of carbonyl (C=O) groups excluding carboxylic acids is 2. The molecule has 7 nitrogen and oxygen atoms in total. The lowest BCUT2D eigenvalue weighted by molar-refractivity contribution is -0.128. The zero-order chi connectivity index (χ0) is 21.3. The second kappa shape index (κ2) is 10.6. The van der Waals surface area contributed by atoms with Crippen LogP contribution in [-0.2, 0) is 14.8 Å². The highest BCUT2D eigenvalue weighted by molar-refractivity contribution is 7.92. The van der Waals surface area contributed by atoms with Crippen LogP contribution in [0, 0.1) is 0 Å². The van der Waals surface area contributed by atoms with E-state index >= 15 is 0 Å². The number of benzene rings is 1. The minimum Gasteiger partial charge on any atom is -0.354 e. The van der Waals surface area contributed by atoms with E-state index in [2.05, 4.69) is 22.3 Å². The maximum absolute atomic E-state index is 12.9. The highest BCUT2D eigenvalue weighted by atomic mass is 32.2. The number of carbonyl (C=O) groups is 2. The Kier molecular flexibility index (Phi) is 8.49. The third-order valence-corrected chi connectivity index (χ3v) is 6.67. The molecule has 0 spiro atoms. The van der Waals surface area contributed by atoms with Gasteiger partial charge < -0.3 is 10.6 Å². The molecule has 0 unspecified atom stereocenters. The number of nitrogens with one attached hydrogen (secondary N) is 3. The summed E-state index contributed by atoms with van der Waals surface area (Å²) in [5, 5.41) is 5.92. The molecule has 162 valence electrons. The molecule has 0 aliphatic heterocycles. The van der Waals surface area contributed by atoms with Crippen molar-refractivity contribution >= 4 is 27.5 Å². The number of hydrogen-bond acceptors (Lipinski definition) is 4. The van der Waals surface area contributed by atoms with Crippen molar-refractivity contribution in [3.63, 3.8) is 0 Å². The average Bonchev–Trinajstić information content (AvgIpc) is 2.68. The Bertz CT molecular complexity index is 802. The first-order valence-corrected chi connectivity index (χ1v) is 12.2. The maximum atomic E-state index is 12.9. The summed E-state index contributed by atoms with van der Waals surface area (Å²) in [6.45, 7) is 4.45. The molecule has 8 heteroatoms. The highest BCUT2D eigenvalue weighted by Crippen LogP contribution is 2.29. The lowest BCUT2D eigenvalue weighted by Gasteiger charge is -2.36. The van der Waals surface area contributed by atoms with Crippen LogP contribution in [0.1, 0.15) is 75.6 Å². The van der Waals surface area contributed by atoms with Crippen LogP contribution in [-0.4, -0.2) is 38.1 Å². The number of unbranched alkanes of at least 4 members (excludes halogenated alkanes) is 1. The second-order valence-electron chi connectivity index (χ2n) is 7.71. The van der Waals surface area contributed by atoms with E-state index in [1.54, 1.807) is 25.1 Å². The average molecular weight is 424 g/mol. The zero-order valence-electron chi connectivity index (χ0n) is 17.4. The Morgan fingerprint density at radius 3 is 2.45 bits per heavy atom. The minimum absolute atomic E-state index is 0.0183. The first-order chi connectivity index (χ1) is 13.8. The fourth-order valence-electron chi connectivity index (χ4n) is 3.62. The molecule has 1 aliphatic carbocycles. The lowest BCUT2D eigenvalue weighted by atomic mass is 9.80. The molecule has 29 heavy (non-hydrogen) atoms. The van der Waals surface area contributed by atoms with Gasteiger partial charge in [0.2, 0.25) is 15.9 Å². The zero-order valence-corrected chi connectivity index (χ0v) is 18.2. The molecule has 2 amide bonds. The molecule has 1 fully saturated rings. The highest BCUT2D eigenvalue weighted by Gasteiger charge is 2.40. The number of anilines is 1. The van der Waals surface area contributed by atoms with Gasteiger partial charge in [-0.1, -0.05) is 45.6 Å². The van der Waals surface area contributed by atoms with E-state index in [9.17, 15) is 18.0 Å². The molecule has 1 aromatic carbocycles. The maximum Gasteiger partial charge on any atom is 0.252 e. The van der Waals surface area contributed by atoms with Crippen LogP contribution in [0.5, 0.6) is 0 Å². The molecule has 0 aromatic heterocycles. The first kappa shape index (κ1) is 23.2. The molecule has 1 saturated carbocycles. The van der Waals surface area contributed by atoms with Gasteiger partial charge in [-0.2, -0.15) is 0 Å². The van der Waals surface area contributed by atoms with Gasteiger partial charge in [0, 0.05) is 17.8 Å². The fraction of sp³-hybridized carbons (Fsp3) is 0.619. The largest absolute Gasteiger partial charge is 0.354 e. The fourth-order valence-corrected chi connectivity index (χ4v) is 4.75. The van der Waals surface area contributed by atoms with Crippen LogP contribution in [0.3, 0.4) is 0 Å². The molecule has 0 atom stereocenters. The minimum atomic E-state index is -3.44. The van der Waals surface area contributed by atoms with E-state index in [-0.39, 0.29) is 17.6 Å². The summed E-state index contributed by atoms with van der Waals surface area (Å²) in [5.41, 5.74) is -0.231. The first-order valence-electron chi connectivity index (χ1n) is 10.5. The van der Waals surface area contributed by atoms with Crippen LogP contribution in [0.2, 0.25) is 0 Å². The van der Waals surface area contributed by atoms with Crippen LogP contribution >= 0.6 is 0 Å². The molecule has 1 aromatic rings. The predicted molar refractivity (Wildman–Crippen MR) is 115 cm³/mol. The predicted octanol–water partition coefficient (Wildman–Crippen LogP) is 3.19. The van der Waals surface area contributed by atoms with Crippen molar-refractivity contribution in [2.24, 2.45) is 0 Å². The molecule has 3 N–H and O–H groups in total. The lowest BCUT2D eigenvalue weighted by Crippen LogP contribution is -2.59. The Morgan fingerprint density at radius 1 is 1.07 bits per heavy atom. The Labute approximate surface area is 174 Å². The van der Waals surface area contributed by atoms with Gasteiger partial charge in [-0.3, -0.25) is 14.3 Å². The number of amides is 2. The Balaban J connectivity index is 2.15. The van der Waals surface area contributed by atoms with Crippen LogP contribution < -0.4 is 15.4 Å². The van der Waals surface area contributed by atoms with Crippen molar-refractivity contribution in [3.05, 3.63) is 29.8 Å². The van der Waals surface area contributed by atoms with E-state index in [0.717, 1.165) is 32.1 Å². The van der Waals surface area contributed by atoms with E-state index < -0.39 is 15.6 Å². The summed E-state index contributed by atoms with van der Waals surface area (Å²) in [6, 6.07) is 6.37. The monoisotopic (exact) mass is 423 g/mol. The molecule has 0 radical (unpaired) electrons. The SMILES string of the molecule is CCCCNC(=O)C1(NC(=O)c2cccc(NS(=O)(=O)CCC)c2)CCCCC1. The smallest absolute Gasteiger partial charge is 0.252 e. The second-order valence-corrected chi connectivity index (χ2v) is 9.55. The van der Waals surface area contributed by atoms with Gasteiger partial charge in [0.1, 0.15) is 5.54 Å². The van der Waals surface area contributed by atoms with Crippen LogP contribution in [0.15, 0.2) is 24.3 Å². The molecule has 0 bridgehead atoms. The normalized spacial score (nSPS) is 16.1. The molecule has 1 aliphatic rings. The molecule has 2 rings (SSSR count). The van der Waals surface area contributed by atoms with Gasteiger partial charge in [0.05, 0.1) is 5.75 Å². The summed E-state index contributed by atoms with van der Waals surface area (Å²) >= 11 is 0. The Morgan fingerprint density at radius 2 is 1.79 bits per heavy atom. The Hall–Kier alpha value is -2.09. The van der Waals surface area contributed by atoms with E-state index in [1.807, 2.05) is 0 Å². The van der Waals surface area contributed by atoms with Crippen LogP contribution in [0.25, 0.3) is 0 Å². The van der Waals surface area contributed by atoms with Crippen LogP contribution in [0.4, 0.5) is 5.69 Å². The van der Waals surface area contributed by atoms with Gasteiger partial charge in [-0.25, -0.2) is 8.42 Å². The third-order valence-electron chi connectivity index (χ3n) is 5.18. The standard InChI is InChI=1S/C21H33N3O4S/c1-3-5-14-22-20(26)21(12-7-6-8-13-21)23-19(25)17-10-9-11-18(16-17)24-29(27,28)15-4-2/h9-11,16,24H,3-8,12-15H2,1-2H3,(H,22,26)(H,23,25). The van der Waals surface area contributed by atoms with Gasteiger partial charge in [-0.05, 0) is 43.9 Å².